The van der Waals surface area contributed by atoms with Crippen LogP contribution >= 0.6 is 0 Å². The van der Waals surface area contributed by atoms with Crippen LogP contribution in [0.5, 0.6) is 0 Å². The van der Waals surface area contributed by atoms with E-state index in [1.807, 2.05) is 0 Å². The molecule has 224 valence electrons. The maximum atomic E-state index is 14.4. The summed E-state index contributed by atoms with van der Waals surface area (Å²) in [6.45, 7) is 0. The summed E-state index contributed by atoms with van der Waals surface area (Å²) in [5.74, 6) is -13.1. The second kappa shape index (κ2) is 8.76. The van der Waals surface area contributed by atoms with Crippen molar-refractivity contribution < 1.29 is 66.7 Å². The van der Waals surface area contributed by atoms with Crippen LogP contribution in [-0.2, 0) is 66.7 Å². The smallest absolute Gasteiger partial charge is 0.335 e. The first kappa shape index (κ1) is 29.0. The number of hydrogen-bond acceptors (Lipinski definition) is 14. The average molecular weight is 589 g/mol. The van der Waals surface area contributed by atoms with Crippen LogP contribution in [0.2, 0.25) is 0 Å². The summed E-state index contributed by atoms with van der Waals surface area (Å²) < 4.78 is 36.3. The quantitative estimate of drug-likeness (QED) is 0.273. The lowest BCUT2D eigenvalue weighted by molar-refractivity contribution is -0.188. The second-order valence-electron chi connectivity index (χ2n) is 10.5. The SMILES string of the molecule is COC(=O)C1=C(C(=O)OC)C2(C(=O)OC)C3C=CC=CC4C3C3(C(=O)OC)C(C(=O)OC)(C14C(=O)OC)C23C(=O)OC. The number of ether oxygens (including phenoxy) is 7. The Balaban J connectivity index is 2.26. The van der Waals surface area contributed by atoms with E-state index in [0.29, 0.717) is 0 Å². The summed E-state index contributed by atoms with van der Waals surface area (Å²) in [6.07, 6.45) is 5.86. The highest BCUT2D eigenvalue weighted by Crippen LogP contribution is 3.06. The van der Waals surface area contributed by atoms with E-state index < -0.39 is 97.8 Å². The van der Waals surface area contributed by atoms with Crippen LogP contribution in [-0.4, -0.2) is 91.6 Å². The van der Waals surface area contributed by atoms with Crippen molar-refractivity contribution >= 4 is 41.8 Å². The molecular formula is C28H28O14. The first-order valence-corrected chi connectivity index (χ1v) is 12.7. The minimum absolute atomic E-state index is 0.806. The van der Waals surface area contributed by atoms with Gasteiger partial charge in [0.15, 0.2) is 0 Å². The predicted molar refractivity (Wildman–Crippen MR) is 132 cm³/mol. The molecule has 0 bridgehead atoms. The largest absolute Gasteiger partial charge is 0.469 e. The van der Waals surface area contributed by atoms with E-state index in [0.717, 1.165) is 49.8 Å². The zero-order chi connectivity index (χ0) is 31.2. The molecule has 0 aromatic rings. The van der Waals surface area contributed by atoms with Crippen LogP contribution in [0.3, 0.4) is 0 Å². The standard InChI is InChI=1S/C28H28O14/c1-36-17(29)15-16(18(30)37-2)25(20(32)39-4)13-11-9-8-10-12-14(13)26(21(33)40-5)27(22(34)41-6,24(12,15)19(31)38-3)28(25,26)23(35)42-7/h8-14H,1-7H3. The normalized spacial score (nSPS) is 39.0. The summed E-state index contributed by atoms with van der Waals surface area (Å²) >= 11 is 0. The fraction of sp³-hybridized carbons (Fsp3) is 0.536. The highest BCUT2D eigenvalue weighted by Gasteiger charge is 3.20. The minimum Gasteiger partial charge on any atom is -0.469 e. The number of esters is 7. The highest BCUT2D eigenvalue weighted by molar-refractivity contribution is 6.25. The molecule has 0 aromatic heterocycles. The summed E-state index contributed by atoms with van der Waals surface area (Å²) in [5, 5.41) is 0. The molecule has 5 aliphatic carbocycles. The molecule has 0 N–H and O–H groups in total. The van der Waals surface area contributed by atoms with Crippen LogP contribution in [0, 0.1) is 44.8 Å². The molecule has 6 unspecified atom stereocenters. The molecule has 42 heavy (non-hydrogen) atoms. The summed E-state index contributed by atoms with van der Waals surface area (Å²) in [6, 6.07) is 0. The zero-order valence-electron chi connectivity index (χ0n) is 23.8. The number of rotatable bonds is 7. The number of hydrogen-bond donors (Lipinski definition) is 0. The molecule has 5 rings (SSSR count). The van der Waals surface area contributed by atoms with E-state index in [1.165, 1.54) is 24.3 Å². The topological polar surface area (TPSA) is 184 Å². The van der Waals surface area contributed by atoms with E-state index in [4.69, 9.17) is 33.2 Å². The molecule has 0 spiro atoms. The molecular weight excluding hydrogens is 560 g/mol. The zero-order valence-corrected chi connectivity index (χ0v) is 23.8. The lowest BCUT2D eigenvalue weighted by atomic mass is 9.47. The molecule has 0 radical (unpaired) electrons. The van der Waals surface area contributed by atoms with Crippen LogP contribution in [0.15, 0.2) is 35.5 Å². The maximum Gasteiger partial charge on any atom is 0.335 e. The van der Waals surface area contributed by atoms with Crippen molar-refractivity contribution in [2.75, 3.05) is 49.8 Å². The molecule has 6 atom stereocenters. The van der Waals surface area contributed by atoms with Gasteiger partial charge < -0.3 is 33.2 Å². The summed E-state index contributed by atoms with van der Waals surface area (Å²) in [7, 11) is 6.68. The number of fused-ring (bicyclic) bond motifs is 2. The van der Waals surface area contributed by atoms with Gasteiger partial charge in [-0.3, -0.25) is 24.0 Å². The molecule has 14 nitrogen and oxygen atoms in total. The first-order chi connectivity index (χ1) is 20.0. The molecule has 0 amide bonds. The molecule has 3 saturated carbocycles. The molecule has 14 heteroatoms. The van der Waals surface area contributed by atoms with Crippen molar-refractivity contribution in [3.8, 4) is 0 Å². The Morgan fingerprint density at radius 1 is 0.500 bits per heavy atom. The molecule has 0 aromatic carbocycles. The van der Waals surface area contributed by atoms with Crippen LogP contribution in [0.25, 0.3) is 0 Å². The number of carbonyl (C=O) groups excluding carboxylic acids is 7. The Kier molecular flexibility index (Phi) is 6.05. The van der Waals surface area contributed by atoms with Gasteiger partial charge in [0.05, 0.1) is 60.9 Å². The monoisotopic (exact) mass is 588 g/mol. The highest BCUT2D eigenvalue weighted by atomic mass is 16.6. The van der Waals surface area contributed by atoms with Gasteiger partial charge in [-0.05, 0) is 5.92 Å². The van der Waals surface area contributed by atoms with Crippen molar-refractivity contribution in [1.82, 2.24) is 0 Å². The first-order valence-electron chi connectivity index (χ1n) is 12.7. The molecule has 0 saturated heterocycles. The van der Waals surface area contributed by atoms with E-state index >= 15 is 0 Å². The van der Waals surface area contributed by atoms with Crippen molar-refractivity contribution in [2.24, 2.45) is 44.8 Å². The van der Waals surface area contributed by atoms with Crippen molar-refractivity contribution in [1.29, 1.82) is 0 Å². The van der Waals surface area contributed by atoms with Gasteiger partial charge in [0, 0.05) is 11.8 Å². The Morgan fingerprint density at radius 2 is 0.833 bits per heavy atom. The van der Waals surface area contributed by atoms with Crippen LogP contribution < -0.4 is 0 Å². The fourth-order valence-corrected chi connectivity index (χ4v) is 9.79. The Bertz CT molecular complexity index is 1370. The van der Waals surface area contributed by atoms with Gasteiger partial charge in [-0.25, -0.2) is 9.59 Å². The van der Waals surface area contributed by atoms with E-state index in [1.54, 1.807) is 0 Å². The lowest BCUT2D eigenvalue weighted by Crippen LogP contribution is -2.64. The van der Waals surface area contributed by atoms with Gasteiger partial charge in [0.2, 0.25) is 0 Å². The van der Waals surface area contributed by atoms with Crippen LogP contribution in [0.4, 0.5) is 0 Å². The average Bonchev–Trinajstić information content (AvgIpc) is 3.57. The maximum absolute atomic E-state index is 14.4. The predicted octanol–water partition coefficient (Wildman–Crippen LogP) is -0.545. The number of methoxy groups -OCH3 is 7. The third-order valence-electron chi connectivity index (χ3n) is 10.2. The Labute approximate surface area is 238 Å². The van der Waals surface area contributed by atoms with E-state index in [9.17, 15) is 33.6 Å². The van der Waals surface area contributed by atoms with Gasteiger partial charge in [-0.2, -0.15) is 0 Å². The third-order valence-corrected chi connectivity index (χ3v) is 10.2. The van der Waals surface area contributed by atoms with Gasteiger partial charge in [0.25, 0.3) is 0 Å². The molecule has 0 aliphatic heterocycles. The van der Waals surface area contributed by atoms with Gasteiger partial charge in [-0.15, -0.1) is 0 Å². The van der Waals surface area contributed by atoms with Crippen molar-refractivity contribution in [2.45, 2.75) is 0 Å². The summed E-state index contributed by atoms with van der Waals surface area (Å²) in [5.41, 5.74) is -14.8. The van der Waals surface area contributed by atoms with Gasteiger partial charge >= 0.3 is 41.8 Å². The fourth-order valence-electron chi connectivity index (χ4n) is 9.79. The lowest BCUT2D eigenvalue weighted by Gasteiger charge is -2.50. The van der Waals surface area contributed by atoms with E-state index in [-0.39, 0.29) is 0 Å². The van der Waals surface area contributed by atoms with Crippen LogP contribution in [0.1, 0.15) is 0 Å². The Morgan fingerprint density at radius 3 is 1.12 bits per heavy atom. The third kappa shape index (κ3) is 2.17. The number of carbonyl (C=O) groups is 7. The second-order valence-corrected chi connectivity index (χ2v) is 10.5. The molecule has 0 heterocycles. The molecule has 5 aliphatic rings. The van der Waals surface area contributed by atoms with Gasteiger partial charge in [-0.1, -0.05) is 24.3 Å². The Hall–Kier alpha value is -4.49. The van der Waals surface area contributed by atoms with Gasteiger partial charge in [0.1, 0.15) is 27.1 Å². The van der Waals surface area contributed by atoms with Crippen molar-refractivity contribution in [3.05, 3.63) is 35.5 Å². The van der Waals surface area contributed by atoms with Crippen molar-refractivity contribution in [3.63, 3.8) is 0 Å². The minimum atomic E-state index is -2.73. The number of allylic oxidation sites excluding steroid dienone is 4. The summed E-state index contributed by atoms with van der Waals surface area (Å²) in [4.78, 5) is 99.9. The van der Waals surface area contributed by atoms with E-state index in [2.05, 4.69) is 0 Å². The molecule has 3 fully saturated rings.